The van der Waals surface area contributed by atoms with Crippen LogP contribution in [0, 0.1) is 5.92 Å². The number of carbonyl (C=O) groups is 2. The minimum absolute atomic E-state index is 0.0530. The Morgan fingerprint density at radius 2 is 1.88 bits per heavy atom. The zero-order chi connectivity index (χ0) is 12.0. The highest BCUT2D eigenvalue weighted by Gasteiger charge is 2.23. The van der Waals surface area contributed by atoms with E-state index in [4.69, 9.17) is 10.8 Å². The van der Waals surface area contributed by atoms with E-state index in [2.05, 4.69) is 5.32 Å². The van der Waals surface area contributed by atoms with Gasteiger partial charge in [0.05, 0.1) is 0 Å². The van der Waals surface area contributed by atoms with Crippen molar-refractivity contribution in [2.75, 3.05) is 6.54 Å². The van der Waals surface area contributed by atoms with Crippen molar-refractivity contribution < 1.29 is 14.7 Å². The average molecular weight is 228 g/mol. The lowest BCUT2D eigenvalue weighted by Gasteiger charge is -2.25. The molecular weight excluding hydrogens is 208 g/mol. The van der Waals surface area contributed by atoms with Crippen molar-refractivity contribution >= 4 is 11.9 Å². The van der Waals surface area contributed by atoms with E-state index in [1.165, 1.54) is 0 Å². The summed E-state index contributed by atoms with van der Waals surface area (Å²) in [5, 5.41) is 11.2. The number of hydrogen-bond donors (Lipinski definition) is 3. The highest BCUT2D eigenvalue weighted by molar-refractivity contribution is 5.78. The lowest BCUT2D eigenvalue weighted by Crippen LogP contribution is -2.36. The van der Waals surface area contributed by atoms with Gasteiger partial charge in [0.15, 0.2) is 0 Å². The lowest BCUT2D eigenvalue weighted by molar-refractivity contribution is -0.137. The maximum Gasteiger partial charge on any atom is 0.303 e. The van der Waals surface area contributed by atoms with Gasteiger partial charge in [-0.05, 0) is 32.1 Å². The van der Waals surface area contributed by atoms with Gasteiger partial charge in [-0.3, -0.25) is 9.59 Å². The maximum absolute atomic E-state index is 11.7. The van der Waals surface area contributed by atoms with Crippen LogP contribution in [-0.2, 0) is 9.59 Å². The van der Waals surface area contributed by atoms with Crippen LogP contribution in [0.4, 0.5) is 0 Å². The Kier molecular flexibility index (Phi) is 5.25. The maximum atomic E-state index is 11.7. The minimum Gasteiger partial charge on any atom is -0.481 e. The summed E-state index contributed by atoms with van der Waals surface area (Å²) in [6.07, 6.45) is 4.13. The zero-order valence-electron chi connectivity index (χ0n) is 9.45. The molecule has 0 heterocycles. The topological polar surface area (TPSA) is 92.4 Å². The number of amides is 1. The van der Waals surface area contributed by atoms with Crippen LogP contribution in [0.5, 0.6) is 0 Å². The molecule has 0 aromatic carbocycles. The molecule has 0 aromatic heterocycles. The molecule has 0 saturated heterocycles. The second-order valence-corrected chi connectivity index (χ2v) is 4.40. The van der Waals surface area contributed by atoms with Crippen molar-refractivity contribution in [3.63, 3.8) is 0 Å². The smallest absolute Gasteiger partial charge is 0.303 e. The van der Waals surface area contributed by atoms with Gasteiger partial charge in [0, 0.05) is 24.9 Å². The molecular formula is C11H20N2O3. The molecule has 0 bridgehead atoms. The van der Waals surface area contributed by atoms with E-state index >= 15 is 0 Å². The second-order valence-electron chi connectivity index (χ2n) is 4.40. The van der Waals surface area contributed by atoms with Gasteiger partial charge in [-0.2, -0.15) is 0 Å². The highest BCUT2D eigenvalue weighted by atomic mass is 16.4. The van der Waals surface area contributed by atoms with Gasteiger partial charge in [0.2, 0.25) is 5.91 Å². The summed E-state index contributed by atoms with van der Waals surface area (Å²) < 4.78 is 0. The standard InChI is InChI=1S/C11H20N2O3/c12-9-5-3-8(4-6-9)11(16)13-7-1-2-10(14)15/h8-9H,1-7,12H2,(H,13,16)(H,14,15). The number of hydrogen-bond acceptors (Lipinski definition) is 3. The third-order valence-corrected chi connectivity index (χ3v) is 3.01. The van der Waals surface area contributed by atoms with Crippen molar-refractivity contribution in [2.45, 2.75) is 44.6 Å². The van der Waals surface area contributed by atoms with E-state index in [1.807, 2.05) is 0 Å². The van der Waals surface area contributed by atoms with Crippen LogP contribution < -0.4 is 11.1 Å². The Morgan fingerprint density at radius 1 is 1.25 bits per heavy atom. The van der Waals surface area contributed by atoms with E-state index in [9.17, 15) is 9.59 Å². The van der Waals surface area contributed by atoms with Crippen LogP contribution >= 0.6 is 0 Å². The van der Waals surface area contributed by atoms with Gasteiger partial charge in [-0.1, -0.05) is 0 Å². The second kappa shape index (κ2) is 6.48. The van der Waals surface area contributed by atoms with Crippen LogP contribution in [0.25, 0.3) is 0 Å². The number of rotatable bonds is 5. The van der Waals surface area contributed by atoms with E-state index in [1.54, 1.807) is 0 Å². The van der Waals surface area contributed by atoms with Crippen LogP contribution in [-0.4, -0.2) is 29.6 Å². The monoisotopic (exact) mass is 228 g/mol. The first-order valence-corrected chi connectivity index (χ1v) is 5.84. The summed E-state index contributed by atoms with van der Waals surface area (Å²) in [5.74, 6) is -0.695. The molecule has 1 saturated carbocycles. The summed E-state index contributed by atoms with van der Waals surface area (Å²) >= 11 is 0. The molecule has 0 spiro atoms. The Labute approximate surface area is 95.4 Å². The third kappa shape index (κ3) is 4.61. The van der Waals surface area contributed by atoms with Crippen molar-refractivity contribution in [3.8, 4) is 0 Å². The van der Waals surface area contributed by atoms with Crippen molar-refractivity contribution in [3.05, 3.63) is 0 Å². The quantitative estimate of drug-likeness (QED) is 0.597. The molecule has 16 heavy (non-hydrogen) atoms. The molecule has 1 rings (SSSR count). The number of carboxylic acid groups (broad SMARTS) is 1. The summed E-state index contributed by atoms with van der Waals surface area (Å²) in [5.41, 5.74) is 5.76. The normalized spacial score (nSPS) is 25.1. The van der Waals surface area contributed by atoms with Crippen molar-refractivity contribution in [1.29, 1.82) is 0 Å². The van der Waals surface area contributed by atoms with Gasteiger partial charge in [0.1, 0.15) is 0 Å². The third-order valence-electron chi connectivity index (χ3n) is 3.01. The number of nitrogens with two attached hydrogens (primary N) is 1. The summed E-state index contributed by atoms with van der Waals surface area (Å²) in [6, 6.07) is 0.246. The van der Waals surface area contributed by atoms with E-state index in [0.29, 0.717) is 13.0 Å². The van der Waals surface area contributed by atoms with Crippen LogP contribution in [0.3, 0.4) is 0 Å². The molecule has 92 valence electrons. The number of carboxylic acids is 1. The largest absolute Gasteiger partial charge is 0.481 e. The van der Waals surface area contributed by atoms with Crippen LogP contribution in [0.2, 0.25) is 0 Å². The Balaban J connectivity index is 2.12. The molecule has 0 atom stereocenters. The summed E-state index contributed by atoms with van der Waals surface area (Å²) in [4.78, 5) is 21.9. The molecule has 1 aliphatic carbocycles. The molecule has 0 radical (unpaired) electrons. The molecule has 1 aliphatic rings. The average Bonchev–Trinajstić information content (AvgIpc) is 2.25. The van der Waals surface area contributed by atoms with Gasteiger partial charge in [-0.15, -0.1) is 0 Å². The Bertz CT molecular complexity index is 248. The summed E-state index contributed by atoms with van der Waals surface area (Å²) in [6.45, 7) is 0.452. The SMILES string of the molecule is NC1CCC(C(=O)NCCCC(=O)O)CC1. The fourth-order valence-electron chi connectivity index (χ4n) is 1.98. The molecule has 1 fully saturated rings. The fraction of sp³-hybridized carbons (Fsp3) is 0.818. The van der Waals surface area contributed by atoms with Crippen LogP contribution in [0.1, 0.15) is 38.5 Å². The highest BCUT2D eigenvalue weighted by Crippen LogP contribution is 2.22. The molecule has 0 unspecified atom stereocenters. The number of carbonyl (C=O) groups excluding carboxylic acids is 1. The molecule has 0 aromatic rings. The number of aliphatic carboxylic acids is 1. The Morgan fingerprint density at radius 3 is 2.44 bits per heavy atom. The fourth-order valence-corrected chi connectivity index (χ4v) is 1.98. The molecule has 5 heteroatoms. The lowest BCUT2D eigenvalue weighted by atomic mass is 9.86. The van der Waals surface area contributed by atoms with E-state index < -0.39 is 5.97 Å². The Hall–Kier alpha value is -1.10. The first-order valence-electron chi connectivity index (χ1n) is 5.84. The summed E-state index contributed by atoms with van der Waals surface area (Å²) in [7, 11) is 0. The van der Waals surface area contributed by atoms with Crippen molar-refractivity contribution in [2.24, 2.45) is 11.7 Å². The first kappa shape index (κ1) is 13.0. The molecule has 0 aliphatic heterocycles. The minimum atomic E-state index is -0.821. The predicted molar refractivity (Wildman–Crippen MR) is 59.8 cm³/mol. The molecule has 5 nitrogen and oxygen atoms in total. The van der Waals surface area contributed by atoms with Gasteiger partial charge in [-0.25, -0.2) is 0 Å². The zero-order valence-corrected chi connectivity index (χ0v) is 9.45. The molecule has 1 amide bonds. The van der Waals surface area contributed by atoms with Gasteiger partial charge < -0.3 is 16.2 Å². The van der Waals surface area contributed by atoms with Gasteiger partial charge in [0.25, 0.3) is 0 Å². The first-order chi connectivity index (χ1) is 7.59. The number of nitrogens with one attached hydrogen (secondary N) is 1. The molecule has 4 N–H and O–H groups in total. The predicted octanol–water partition coefficient (Wildman–Crippen LogP) is 0.485. The van der Waals surface area contributed by atoms with Gasteiger partial charge >= 0.3 is 5.97 Å². The van der Waals surface area contributed by atoms with Crippen LogP contribution in [0.15, 0.2) is 0 Å². The van der Waals surface area contributed by atoms with Crippen molar-refractivity contribution in [1.82, 2.24) is 5.32 Å². The van der Waals surface area contributed by atoms with E-state index in [0.717, 1.165) is 25.7 Å². The van der Waals surface area contributed by atoms with E-state index in [-0.39, 0.29) is 24.3 Å².